The normalized spacial score (nSPS) is 15.8. The molecule has 0 aromatic heterocycles. The van der Waals surface area contributed by atoms with Crippen LogP contribution in [0.3, 0.4) is 0 Å². The van der Waals surface area contributed by atoms with Crippen molar-refractivity contribution in [3.8, 4) is 11.5 Å². The molecule has 0 aliphatic carbocycles. The van der Waals surface area contributed by atoms with E-state index in [4.69, 9.17) is 9.47 Å². The second-order valence-electron chi connectivity index (χ2n) is 13.6. The maximum Gasteiger partial charge on any atom is 0.340 e. The van der Waals surface area contributed by atoms with Crippen molar-refractivity contribution in [1.29, 1.82) is 0 Å². The monoisotopic (exact) mass is 644 g/mol. The first-order chi connectivity index (χ1) is 23.5. The zero-order chi connectivity index (χ0) is 33.3. The first-order valence-electron chi connectivity index (χ1n) is 18.4. The number of ether oxygens (including phenoxy) is 2. The van der Waals surface area contributed by atoms with Crippen LogP contribution in [0.25, 0.3) is 0 Å². The Kier molecular flexibility index (Phi) is 11.1. The van der Waals surface area contributed by atoms with Crippen molar-refractivity contribution in [2.45, 2.75) is 103 Å². The van der Waals surface area contributed by atoms with Gasteiger partial charge >= 0.3 is 5.97 Å². The molecule has 1 atom stereocenters. The number of carbonyl (C=O) groups is 1. The highest BCUT2D eigenvalue weighted by molar-refractivity contribution is 5.97. The molecule has 0 saturated heterocycles. The standard InChI is InChI=1S/C43H52N2O3/c1-4-6-8-10-12-19-27-45(28-20-13-11-9-7-5-2)34-25-26-37-41(30-34)47-40-29-32(3)39(44-33-21-15-14-16-22-33)31-38(40)43(37)36-24-18-17-23-35(36)42(46)48-43/h14-18,21-26,29-31,44H,4-13,19-20,27-28H2,1-3H3. The summed E-state index contributed by atoms with van der Waals surface area (Å²) in [6.45, 7) is 8.71. The molecule has 2 aliphatic heterocycles. The van der Waals surface area contributed by atoms with Crippen molar-refractivity contribution in [3.63, 3.8) is 0 Å². The summed E-state index contributed by atoms with van der Waals surface area (Å²) in [5.74, 6) is 1.17. The number of aryl methyl sites for hydroxylation is 1. The first-order valence-corrected chi connectivity index (χ1v) is 18.4. The molecule has 0 radical (unpaired) electrons. The van der Waals surface area contributed by atoms with E-state index in [2.05, 4.69) is 73.5 Å². The second kappa shape index (κ2) is 15.8. The minimum atomic E-state index is -1.10. The van der Waals surface area contributed by atoms with Crippen molar-refractivity contribution in [3.05, 3.63) is 113 Å². The Bertz CT molecular complexity index is 1670. The highest BCUT2D eigenvalue weighted by Crippen LogP contribution is 2.57. The molecule has 0 saturated carbocycles. The minimum absolute atomic E-state index is 0.306. The summed E-state index contributed by atoms with van der Waals surface area (Å²) >= 11 is 0. The molecule has 0 bridgehead atoms. The molecule has 252 valence electrons. The molecule has 2 aliphatic rings. The van der Waals surface area contributed by atoms with E-state index in [1.165, 1.54) is 82.7 Å². The highest BCUT2D eigenvalue weighted by Gasteiger charge is 2.53. The minimum Gasteiger partial charge on any atom is -0.456 e. The molecule has 1 spiro atoms. The van der Waals surface area contributed by atoms with E-state index in [9.17, 15) is 4.79 Å². The fraction of sp³-hybridized carbons (Fsp3) is 0.419. The molecular formula is C43H52N2O3. The molecule has 2 heterocycles. The molecule has 1 unspecified atom stereocenters. The van der Waals surface area contributed by atoms with Gasteiger partial charge in [-0.25, -0.2) is 4.79 Å². The number of unbranched alkanes of at least 4 members (excludes halogenated alkanes) is 10. The van der Waals surface area contributed by atoms with Gasteiger partial charge < -0.3 is 19.7 Å². The molecule has 5 nitrogen and oxygen atoms in total. The van der Waals surface area contributed by atoms with E-state index in [0.717, 1.165) is 58.2 Å². The number of esters is 1. The number of hydrogen-bond acceptors (Lipinski definition) is 5. The van der Waals surface area contributed by atoms with Crippen molar-refractivity contribution in [1.82, 2.24) is 0 Å². The second-order valence-corrected chi connectivity index (χ2v) is 13.6. The summed E-state index contributed by atoms with van der Waals surface area (Å²) in [5, 5.41) is 3.58. The number of para-hydroxylation sites is 1. The third-order valence-electron chi connectivity index (χ3n) is 10.0. The Morgan fingerprint density at radius 3 is 1.98 bits per heavy atom. The van der Waals surface area contributed by atoms with Crippen LogP contribution in [0.5, 0.6) is 11.5 Å². The van der Waals surface area contributed by atoms with Crippen molar-refractivity contribution in [2.24, 2.45) is 0 Å². The topological polar surface area (TPSA) is 50.8 Å². The van der Waals surface area contributed by atoms with Gasteiger partial charge in [0.1, 0.15) is 11.5 Å². The molecule has 48 heavy (non-hydrogen) atoms. The SMILES string of the molecule is CCCCCCCCN(CCCCCCCC)c1ccc2c(c1)Oc1cc(C)c(Nc3ccccc3)cc1C21OC(=O)c2ccccc21. The third kappa shape index (κ3) is 7.11. The Labute approximate surface area is 287 Å². The van der Waals surface area contributed by atoms with Crippen LogP contribution < -0.4 is 15.0 Å². The molecule has 4 aromatic rings. The average Bonchev–Trinajstić information content (AvgIpc) is 3.40. The van der Waals surface area contributed by atoms with Gasteiger partial charge in [-0.3, -0.25) is 0 Å². The van der Waals surface area contributed by atoms with E-state index >= 15 is 0 Å². The number of rotatable bonds is 17. The van der Waals surface area contributed by atoms with Gasteiger partial charge in [-0.15, -0.1) is 0 Å². The van der Waals surface area contributed by atoms with Crippen LogP contribution in [0.4, 0.5) is 17.1 Å². The lowest BCUT2D eigenvalue weighted by Crippen LogP contribution is -2.33. The van der Waals surface area contributed by atoms with Gasteiger partial charge in [0.15, 0.2) is 5.60 Å². The van der Waals surface area contributed by atoms with Crippen molar-refractivity contribution in [2.75, 3.05) is 23.3 Å². The number of fused-ring (bicyclic) bond motifs is 6. The zero-order valence-corrected chi connectivity index (χ0v) is 29.2. The maximum absolute atomic E-state index is 13.5. The zero-order valence-electron chi connectivity index (χ0n) is 29.2. The smallest absolute Gasteiger partial charge is 0.340 e. The van der Waals surface area contributed by atoms with Gasteiger partial charge in [-0.1, -0.05) is 114 Å². The van der Waals surface area contributed by atoms with Gasteiger partial charge in [0.05, 0.1) is 5.56 Å². The molecule has 1 N–H and O–H groups in total. The molecule has 6 rings (SSSR count). The lowest BCUT2D eigenvalue weighted by molar-refractivity contribution is 0.0224. The Balaban J connectivity index is 1.35. The summed E-state index contributed by atoms with van der Waals surface area (Å²) in [6, 6.07) is 28.7. The van der Waals surface area contributed by atoms with Crippen LogP contribution in [0, 0.1) is 6.92 Å². The Morgan fingerprint density at radius 1 is 0.646 bits per heavy atom. The predicted octanol–water partition coefficient (Wildman–Crippen LogP) is 11.8. The van der Waals surface area contributed by atoms with Gasteiger partial charge in [0.2, 0.25) is 0 Å². The lowest BCUT2D eigenvalue weighted by Gasteiger charge is -2.38. The van der Waals surface area contributed by atoms with Crippen LogP contribution in [-0.4, -0.2) is 19.1 Å². The Hall–Kier alpha value is -4.25. The van der Waals surface area contributed by atoms with Gasteiger partial charge in [0, 0.05) is 52.9 Å². The van der Waals surface area contributed by atoms with Gasteiger partial charge in [-0.05, 0) is 67.8 Å². The lowest BCUT2D eigenvalue weighted by atomic mass is 9.77. The van der Waals surface area contributed by atoms with Crippen molar-refractivity contribution >= 4 is 23.0 Å². The maximum atomic E-state index is 13.5. The largest absolute Gasteiger partial charge is 0.456 e. The Morgan fingerprint density at radius 2 is 1.27 bits per heavy atom. The van der Waals surface area contributed by atoms with E-state index in [1.54, 1.807) is 0 Å². The summed E-state index contributed by atoms with van der Waals surface area (Å²) in [7, 11) is 0. The highest BCUT2D eigenvalue weighted by atomic mass is 16.6. The first kappa shape index (κ1) is 33.6. The summed E-state index contributed by atoms with van der Waals surface area (Å²) < 4.78 is 13.3. The number of anilines is 3. The van der Waals surface area contributed by atoms with E-state index < -0.39 is 5.60 Å². The summed E-state index contributed by atoms with van der Waals surface area (Å²) in [6.07, 6.45) is 15.3. The number of carbonyl (C=O) groups excluding carboxylic acids is 1. The molecule has 4 aromatic carbocycles. The van der Waals surface area contributed by atoms with Crippen LogP contribution >= 0.6 is 0 Å². The molecule has 0 amide bonds. The summed E-state index contributed by atoms with van der Waals surface area (Å²) in [4.78, 5) is 16.1. The fourth-order valence-electron chi connectivity index (χ4n) is 7.35. The molecule has 0 fully saturated rings. The molecular weight excluding hydrogens is 592 g/mol. The predicted molar refractivity (Wildman–Crippen MR) is 198 cm³/mol. The van der Waals surface area contributed by atoms with E-state index in [-0.39, 0.29) is 5.97 Å². The van der Waals surface area contributed by atoms with Gasteiger partial charge in [-0.2, -0.15) is 0 Å². The van der Waals surface area contributed by atoms with Crippen molar-refractivity contribution < 1.29 is 14.3 Å². The fourth-order valence-corrected chi connectivity index (χ4v) is 7.35. The molecule has 5 heteroatoms. The van der Waals surface area contributed by atoms with Gasteiger partial charge in [0.25, 0.3) is 0 Å². The van der Waals surface area contributed by atoms with Crippen LogP contribution in [-0.2, 0) is 10.3 Å². The van der Waals surface area contributed by atoms with Crippen LogP contribution in [0.2, 0.25) is 0 Å². The van der Waals surface area contributed by atoms with E-state index in [1.807, 2.05) is 42.5 Å². The number of nitrogens with one attached hydrogen (secondary N) is 1. The number of hydrogen-bond donors (Lipinski definition) is 1. The van der Waals surface area contributed by atoms with E-state index in [0.29, 0.717) is 5.56 Å². The summed E-state index contributed by atoms with van der Waals surface area (Å²) in [5.41, 5.74) is 6.24. The third-order valence-corrected chi connectivity index (χ3v) is 10.0. The number of benzene rings is 4. The van der Waals surface area contributed by atoms with Crippen LogP contribution in [0.15, 0.2) is 84.9 Å². The quantitative estimate of drug-likeness (QED) is 0.0915. The van der Waals surface area contributed by atoms with Crippen LogP contribution in [0.1, 0.15) is 124 Å². The number of nitrogens with zero attached hydrogens (tertiary/aromatic N) is 1. The average molecular weight is 645 g/mol.